The molecule has 0 heterocycles. The smallest absolute Gasteiger partial charge is 0.0851 e. The van der Waals surface area contributed by atoms with Gasteiger partial charge in [-0.15, -0.1) is 0 Å². The van der Waals surface area contributed by atoms with E-state index in [9.17, 15) is 0 Å². The molecule has 3 nitrogen and oxygen atoms in total. The van der Waals surface area contributed by atoms with E-state index in [2.05, 4.69) is 0 Å². The van der Waals surface area contributed by atoms with Crippen molar-refractivity contribution >= 4 is 0 Å². The van der Waals surface area contributed by atoms with Gasteiger partial charge in [0.05, 0.1) is 12.8 Å². The molecule has 3 heteroatoms. The number of hydrogen-bond acceptors (Lipinski definition) is 3. The summed E-state index contributed by atoms with van der Waals surface area (Å²) < 4.78 is 0. The van der Waals surface area contributed by atoms with E-state index in [4.69, 9.17) is 5.11 Å². The van der Waals surface area contributed by atoms with Crippen LogP contribution in [0, 0.1) is 0 Å². The third-order valence-corrected chi connectivity index (χ3v) is 1.36. The van der Waals surface area contributed by atoms with Crippen LogP contribution in [0.2, 0.25) is 0 Å². The monoisotopic (exact) mass is 132 g/mol. The van der Waals surface area contributed by atoms with Gasteiger partial charge < -0.3 is 5.11 Å². The van der Waals surface area contributed by atoms with Crippen molar-refractivity contribution in [1.29, 1.82) is 0 Å². The molecule has 0 bridgehead atoms. The number of aliphatic hydroxyl groups excluding tert-OH is 1. The van der Waals surface area contributed by atoms with E-state index in [0.717, 1.165) is 0 Å². The number of aliphatic hydroxyl groups is 1. The van der Waals surface area contributed by atoms with Gasteiger partial charge in [-0.1, -0.05) is 0 Å². The molecule has 0 aromatic carbocycles. The van der Waals surface area contributed by atoms with Crippen LogP contribution in [0.3, 0.4) is 0 Å². The van der Waals surface area contributed by atoms with Crippen molar-refractivity contribution in [3.05, 3.63) is 0 Å². The molecule has 0 radical (unpaired) electrons. The summed E-state index contributed by atoms with van der Waals surface area (Å²) in [7, 11) is 7.78. The first kappa shape index (κ1) is 8.88. The van der Waals surface area contributed by atoms with Crippen LogP contribution in [-0.2, 0) is 0 Å². The van der Waals surface area contributed by atoms with Crippen molar-refractivity contribution < 1.29 is 5.11 Å². The highest BCUT2D eigenvalue weighted by atomic mass is 16.3. The second-order valence-corrected chi connectivity index (χ2v) is 2.59. The standard InChI is InChI=1S/C6H16N2O/c1-7(2)6(5-9)8(3)4/h6,9H,5H2,1-4H3. The molecule has 0 atom stereocenters. The lowest BCUT2D eigenvalue weighted by atomic mass is 10.4. The third kappa shape index (κ3) is 2.79. The lowest BCUT2D eigenvalue weighted by Crippen LogP contribution is -2.43. The van der Waals surface area contributed by atoms with Crippen LogP contribution < -0.4 is 0 Å². The van der Waals surface area contributed by atoms with Gasteiger partial charge >= 0.3 is 0 Å². The van der Waals surface area contributed by atoms with Crippen molar-refractivity contribution in [3.63, 3.8) is 0 Å². The van der Waals surface area contributed by atoms with Gasteiger partial charge in [0.1, 0.15) is 0 Å². The Balaban J connectivity index is 3.68. The van der Waals surface area contributed by atoms with E-state index in [-0.39, 0.29) is 12.8 Å². The zero-order valence-corrected chi connectivity index (χ0v) is 6.63. The minimum absolute atomic E-state index is 0.144. The first-order valence-corrected chi connectivity index (χ1v) is 3.03. The van der Waals surface area contributed by atoms with Crippen LogP contribution >= 0.6 is 0 Å². The summed E-state index contributed by atoms with van der Waals surface area (Å²) in [5.41, 5.74) is 0. The van der Waals surface area contributed by atoms with Crippen LogP contribution in [0.4, 0.5) is 0 Å². The summed E-state index contributed by atoms with van der Waals surface area (Å²) in [5.74, 6) is 0. The summed E-state index contributed by atoms with van der Waals surface area (Å²) in [6.45, 7) is 0.181. The van der Waals surface area contributed by atoms with Gasteiger partial charge in [-0.3, -0.25) is 9.80 Å². The first-order chi connectivity index (χ1) is 4.09. The maximum atomic E-state index is 8.78. The SMILES string of the molecule is CN(C)C(CO)N(C)C. The van der Waals surface area contributed by atoms with Gasteiger partial charge in [0.15, 0.2) is 0 Å². The van der Waals surface area contributed by atoms with Crippen LogP contribution in [0.5, 0.6) is 0 Å². The van der Waals surface area contributed by atoms with Crippen molar-refractivity contribution in [2.45, 2.75) is 6.17 Å². The van der Waals surface area contributed by atoms with Crippen LogP contribution in [0.25, 0.3) is 0 Å². The first-order valence-electron chi connectivity index (χ1n) is 3.03. The number of nitrogens with zero attached hydrogens (tertiary/aromatic N) is 2. The van der Waals surface area contributed by atoms with Gasteiger partial charge in [0.2, 0.25) is 0 Å². The Morgan fingerprint density at radius 1 is 1.11 bits per heavy atom. The Labute approximate surface area is 56.9 Å². The molecule has 0 unspecified atom stereocenters. The third-order valence-electron chi connectivity index (χ3n) is 1.36. The van der Waals surface area contributed by atoms with E-state index in [0.29, 0.717) is 0 Å². The van der Waals surface area contributed by atoms with Gasteiger partial charge in [0, 0.05) is 0 Å². The molecule has 1 N–H and O–H groups in total. The van der Waals surface area contributed by atoms with E-state index >= 15 is 0 Å². The minimum Gasteiger partial charge on any atom is -0.393 e. The molecule has 0 amide bonds. The Bertz CT molecular complexity index is 65.5. The van der Waals surface area contributed by atoms with E-state index in [1.807, 2.05) is 38.0 Å². The highest BCUT2D eigenvalue weighted by Crippen LogP contribution is 1.93. The van der Waals surface area contributed by atoms with Crippen LogP contribution in [0.1, 0.15) is 0 Å². The summed E-state index contributed by atoms with van der Waals surface area (Å²) in [5, 5.41) is 8.78. The van der Waals surface area contributed by atoms with Crippen molar-refractivity contribution in [2.75, 3.05) is 34.8 Å². The quantitative estimate of drug-likeness (QED) is 0.521. The van der Waals surface area contributed by atoms with E-state index in [1.54, 1.807) is 0 Å². The predicted molar refractivity (Wildman–Crippen MR) is 38.2 cm³/mol. The lowest BCUT2D eigenvalue weighted by Gasteiger charge is -2.28. The molecule has 0 saturated carbocycles. The zero-order valence-electron chi connectivity index (χ0n) is 6.63. The second kappa shape index (κ2) is 3.82. The van der Waals surface area contributed by atoms with Crippen molar-refractivity contribution in [2.24, 2.45) is 0 Å². The summed E-state index contributed by atoms with van der Waals surface area (Å²) in [6, 6.07) is 0. The average molecular weight is 132 g/mol. The Kier molecular flexibility index (Phi) is 3.77. The van der Waals surface area contributed by atoms with Gasteiger partial charge in [-0.2, -0.15) is 0 Å². The highest BCUT2D eigenvalue weighted by Gasteiger charge is 2.10. The number of likely N-dealkylation sites (N-methyl/N-ethyl adjacent to an activating group) is 2. The molecular formula is C6H16N2O. The van der Waals surface area contributed by atoms with Crippen molar-refractivity contribution in [3.8, 4) is 0 Å². The molecule has 0 aliphatic heterocycles. The topological polar surface area (TPSA) is 26.7 Å². The lowest BCUT2D eigenvalue weighted by molar-refractivity contribution is 0.0649. The number of rotatable bonds is 3. The molecule has 0 aromatic heterocycles. The Morgan fingerprint density at radius 3 is 1.44 bits per heavy atom. The molecule has 0 aromatic rings. The molecule has 0 aliphatic carbocycles. The molecular weight excluding hydrogens is 116 g/mol. The normalized spacial score (nSPS) is 12.0. The maximum absolute atomic E-state index is 8.78. The van der Waals surface area contributed by atoms with Gasteiger partial charge in [-0.05, 0) is 28.2 Å². The molecule has 0 rings (SSSR count). The summed E-state index contributed by atoms with van der Waals surface area (Å²) in [6.07, 6.45) is 0.144. The molecule has 9 heavy (non-hydrogen) atoms. The van der Waals surface area contributed by atoms with Gasteiger partial charge in [-0.25, -0.2) is 0 Å². The van der Waals surface area contributed by atoms with Crippen LogP contribution in [0.15, 0.2) is 0 Å². The fraction of sp³-hybridized carbons (Fsp3) is 1.00. The summed E-state index contributed by atoms with van der Waals surface area (Å²) in [4.78, 5) is 3.94. The van der Waals surface area contributed by atoms with Crippen molar-refractivity contribution in [1.82, 2.24) is 9.80 Å². The second-order valence-electron chi connectivity index (χ2n) is 2.59. The summed E-state index contributed by atoms with van der Waals surface area (Å²) >= 11 is 0. The molecule has 0 fully saturated rings. The highest BCUT2D eigenvalue weighted by molar-refractivity contribution is 4.59. The molecule has 0 aliphatic rings. The van der Waals surface area contributed by atoms with E-state index < -0.39 is 0 Å². The molecule has 0 saturated heterocycles. The number of hydrogen-bond donors (Lipinski definition) is 1. The maximum Gasteiger partial charge on any atom is 0.0851 e. The van der Waals surface area contributed by atoms with E-state index in [1.165, 1.54) is 0 Å². The Morgan fingerprint density at radius 2 is 1.44 bits per heavy atom. The van der Waals surface area contributed by atoms with Crippen LogP contribution in [-0.4, -0.2) is 55.9 Å². The Hall–Kier alpha value is -0.120. The van der Waals surface area contributed by atoms with Gasteiger partial charge in [0.25, 0.3) is 0 Å². The predicted octanol–water partition coefficient (Wildman–Crippen LogP) is -0.572. The minimum atomic E-state index is 0.144. The fourth-order valence-corrected chi connectivity index (χ4v) is 0.788. The molecule has 0 spiro atoms. The zero-order chi connectivity index (χ0) is 7.44. The largest absolute Gasteiger partial charge is 0.393 e. The fourth-order valence-electron chi connectivity index (χ4n) is 0.788. The molecule has 56 valence electrons. The average Bonchev–Trinajstić information content (AvgIpc) is 1.64.